The van der Waals surface area contributed by atoms with E-state index in [4.69, 9.17) is 5.11 Å². The molecule has 2 N–H and O–H groups in total. The van der Waals surface area contributed by atoms with Crippen LogP contribution in [0.5, 0.6) is 0 Å². The summed E-state index contributed by atoms with van der Waals surface area (Å²) in [6.45, 7) is 1.27. The van der Waals surface area contributed by atoms with Crippen molar-refractivity contribution in [2.24, 2.45) is 0 Å². The standard InChI is InChI=1S/C12H19NO/c1-13-9-7-12(8-10-14)11-5-3-2-4-6-11/h2-6,12-14H,7-10H2,1H3/t12-/m1/s1. The van der Waals surface area contributed by atoms with Crippen LogP contribution in [-0.2, 0) is 0 Å². The van der Waals surface area contributed by atoms with Crippen LogP contribution in [0.2, 0.25) is 0 Å². The monoisotopic (exact) mass is 193 g/mol. The minimum atomic E-state index is 0.267. The van der Waals surface area contributed by atoms with E-state index in [1.54, 1.807) is 0 Å². The van der Waals surface area contributed by atoms with Crippen molar-refractivity contribution < 1.29 is 5.11 Å². The molecule has 0 bridgehead atoms. The largest absolute Gasteiger partial charge is 0.396 e. The summed E-state index contributed by atoms with van der Waals surface area (Å²) in [4.78, 5) is 0. The van der Waals surface area contributed by atoms with E-state index in [0.717, 1.165) is 19.4 Å². The molecule has 1 aromatic carbocycles. The topological polar surface area (TPSA) is 32.3 Å². The van der Waals surface area contributed by atoms with Gasteiger partial charge in [-0.05, 0) is 37.9 Å². The first kappa shape index (κ1) is 11.2. The Labute approximate surface area is 86.0 Å². The minimum absolute atomic E-state index is 0.267. The van der Waals surface area contributed by atoms with Crippen molar-refractivity contribution in [1.29, 1.82) is 0 Å². The Kier molecular flexibility index (Phi) is 5.27. The maximum Gasteiger partial charge on any atom is 0.0436 e. The highest BCUT2D eigenvalue weighted by Crippen LogP contribution is 2.22. The van der Waals surface area contributed by atoms with Gasteiger partial charge in [-0.2, -0.15) is 0 Å². The molecule has 0 aliphatic rings. The second-order valence-corrected chi connectivity index (χ2v) is 3.51. The first-order valence-corrected chi connectivity index (χ1v) is 5.19. The SMILES string of the molecule is CNCC[C@H](CCO)c1ccccc1. The van der Waals surface area contributed by atoms with E-state index in [2.05, 4.69) is 29.6 Å². The molecule has 2 nitrogen and oxygen atoms in total. The molecule has 1 atom stereocenters. The van der Waals surface area contributed by atoms with Gasteiger partial charge in [0.15, 0.2) is 0 Å². The highest BCUT2D eigenvalue weighted by atomic mass is 16.3. The third-order valence-electron chi connectivity index (χ3n) is 2.49. The van der Waals surface area contributed by atoms with Crippen molar-refractivity contribution in [2.45, 2.75) is 18.8 Å². The van der Waals surface area contributed by atoms with Gasteiger partial charge in [0.25, 0.3) is 0 Å². The van der Waals surface area contributed by atoms with E-state index >= 15 is 0 Å². The second kappa shape index (κ2) is 6.57. The first-order valence-electron chi connectivity index (χ1n) is 5.19. The number of hydrogen-bond acceptors (Lipinski definition) is 2. The molecule has 0 aliphatic carbocycles. The van der Waals surface area contributed by atoms with Gasteiger partial charge in [-0.15, -0.1) is 0 Å². The van der Waals surface area contributed by atoms with E-state index in [9.17, 15) is 0 Å². The van der Waals surface area contributed by atoms with Crippen molar-refractivity contribution in [3.63, 3.8) is 0 Å². The average molecular weight is 193 g/mol. The lowest BCUT2D eigenvalue weighted by atomic mass is 9.93. The summed E-state index contributed by atoms with van der Waals surface area (Å²) < 4.78 is 0. The summed E-state index contributed by atoms with van der Waals surface area (Å²) in [7, 11) is 1.96. The Hall–Kier alpha value is -0.860. The Morgan fingerprint density at radius 3 is 2.50 bits per heavy atom. The maximum atomic E-state index is 8.98. The summed E-state index contributed by atoms with van der Waals surface area (Å²) in [5.74, 6) is 0.480. The van der Waals surface area contributed by atoms with E-state index in [1.165, 1.54) is 5.56 Å². The zero-order valence-electron chi connectivity index (χ0n) is 8.74. The van der Waals surface area contributed by atoms with Gasteiger partial charge in [-0.3, -0.25) is 0 Å². The summed E-state index contributed by atoms with van der Waals surface area (Å²) in [5, 5.41) is 12.1. The number of aliphatic hydroxyl groups is 1. The van der Waals surface area contributed by atoms with E-state index < -0.39 is 0 Å². The second-order valence-electron chi connectivity index (χ2n) is 3.51. The third kappa shape index (κ3) is 3.48. The molecule has 0 aromatic heterocycles. The third-order valence-corrected chi connectivity index (χ3v) is 2.49. The van der Waals surface area contributed by atoms with Gasteiger partial charge in [-0.25, -0.2) is 0 Å². The minimum Gasteiger partial charge on any atom is -0.396 e. The van der Waals surface area contributed by atoms with Crippen LogP contribution in [0.1, 0.15) is 24.3 Å². The smallest absolute Gasteiger partial charge is 0.0436 e. The van der Waals surface area contributed by atoms with E-state index in [-0.39, 0.29) is 6.61 Å². The van der Waals surface area contributed by atoms with Crippen LogP contribution in [0.3, 0.4) is 0 Å². The van der Waals surface area contributed by atoms with Crippen molar-refractivity contribution >= 4 is 0 Å². The van der Waals surface area contributed by atoms with E-state index in [1.807, 2.05) is 13.1 Å². The zero-order chi connectivity index (χ0) is 10.2. The molecular formula is C12H19NO. The van der Waals surface area contributed by atoms with Gasteiger partial charge in [0.05, 0.1) is 0 Å². The number of benzene rings is 1. The van der Waals surface area contributed by atoms with Gasteiger partial charge >= 0.3 is 0 Å². The quantitative estimate of drug-likeness (QED) is 0.721. The molecule has 1 aromatic rings. The molecule has 78 valence electrons. The Balaban J connectivity index is 2.58. The predicted octanol–water partition coefficient (Wildman–Crippen LogP) is 1.76. The highest BCUT2D eigenvalue weighted by molar-refractivity contribution is 5.19. The van der Waals surface area contributed by atoms with Crippen molar-refractivity contribution in [3.05, 3.63) is 35.9 Å². The molecule has 0 saturated heterocycles. The summed E-state index contributed by atoms with van der Waals surface area (Å²) in [6.07, 6.45) is 1.94. The fraction of sp³-hybridized carbons (Fsp3) is 0.500. The van der Waals surface area contributed by atoms with Gasteiger partial charge in [-0.1, -0.05) is 30.3 Å². The summed E-state index contributed by atoms with van der Waals surface area (Å²) >= 11 is 0. The molecule has 0 unspecified atom stereocenters. The molecule has 0 amide bonds. The Bertz CT molecular complexity index is 235. The molecule has 14 heavy (non-hydrogen) atoms. The first-order chi connectivity index (χ1) is 6.88. The number of rotatable bonds is 6. The van der Waals surface area contributed by atoms with Gasteiger partial charge in [0, 0.05) is 6.61 Å². The Morgan fingerprint density at radius 2 is 1.93 bits per heavy atom. The van der Waals surface area contributed by atoms with Crippen LogP contribution >= 0.6 is 0 Å². The van der Waals surface area contributed by atoms with Crippen LogP contribution in [0, 0.1) is 0 Å². The lowest BCUT2D eigenvalue weighted by Gasteiger charge is -2.15. The maximum absolute atomic E-state index is 8.98. The molecule has 0 spiro atoms. The number of aliphatic hydroxyl groups excluding tert-OH is 1. The fourth-order valence-corrected chi connectivity index (χ4v) is 1.68. The molecule has 0 fully saturated rings. The van der Waals surface area contributed by atoms with Crippen LogP contribution < -0.4 is 5.32 Å². The predicted molar refractivity (Wildman–Crippen MR) is 59.4 cm³/mol. The van der Waals surface area contributed by atoms with Crippen molar-refractivity contribution in [3.8, 4) is 0 Å². The molecule has 2 heteroatoms. The molecule has 1 rings (SSSR count). The molecule has 0 aliphatic heterocycles. The van der Waals surface area contributed by atoms with Crippen LogP contribution in [-0.4, -0.2) is 25.3 Å². The van der Waals surface area contributed by atoms with Crippen molar-refractivity contribution in [1.82, 2.24) is 5.32 Å². The van der Waals surface area contributed by atoms with Crippen LogP contribution in [0.25, 0.3) is 0 Å². The zero-order valence-corrected chi connectivity index (χ0v) is 8.74. The molecular weight excluding hydrogens is 174 g/mol. The van der Waals surface area contributed by atoms with E-state index in [0.29, 0.717) is 5.92 Å². The Morgan fingerprint density at radius 1 is 1.21 bits per heavy atom. The normalized spacial score (nSPS) is 12.7. The number of hydrogen-bond donors (Lipinski definition) is 2. The van der Waals surface area contributed by atoms with Crippen LogP contribution in [0.15, 0.2) is 30.3 Å². The van der Waals surface area contributed by atoms with Gasteiger partial charge in [0.1, 0.15) is 0 Å². The van der Waals surface area contributed by atoms with Gasteiger partial charge < -0.3 is 10.4 Å². The summed E-state index contributed by atoms with van der Waals surface area (Å²) in [6, 6.07) is 10.4. The lowest BCUT2D eigenvalue weighted by molar-refractivity contribution is 0.272. The average Bonchev–Trinajstić information content (AvgIpc) is 2.25. The van der Waals surface area contributed by atoms with Crippen LogP contribution in [0.4, 0.5) is 0 Å². The number of nitrogens with one attached hydrogen (secondary N) is 1. The van der Waals surface area contributed by atoms with Gasteiger partial charge in [0.2, 0.25) is 0 Å². The van der Waals surface area contributed by atoms with Crippen molar-refractivity contribution in [2.75, 3.05) is 20.2 Å². The summed E-state index contributed by atoms with van der Waals surface area (Å²) in [5.41, 5.74) is 1.33. The fourth-order valence-electron chi connectivity index (χ4n) is 1.68. The molecule has 0 saturated carbocycles. The molecule has 0 radical (unpaired) electrons. The highest BCUT2D eigenvalue weighted by Gasteiger charge is 2.09. The molecule has 0 heterocycles. The lowest BCUT2D eigenvalue weighted by Crippen LogP contribution is -2.13.